The number of amides is 4. The Balaban J connectivity index is 1.72. The molecular formula is C40H51N7O9S. The van der Waals surface area contributed by atoms with E-state index in [2.05, 4.69) is 4.99 Å². The molecule has 4 amide bonds. The lowest BCUT2D eigenvalue weighted by atomic mass is 10.0. The summed E-state index contributed by atoms with van der Waals surface area (Å²) in [7, 11) is -3.11. The number of imide groups is 1. The Kier molecular flexibility index (Phi) is 14.9. The summed E-state index contributed by atoms with van der Waals surface area (Å²) in [5, 5.41) is 0. The molecule has 4 rings (SSSR count). The van der Waals surface area contributed by atoms with Gasteiger partial charge in [0.2, 0.25) is 21.8 Å². The number of guanidine groups is 1. The van der Waals surface area contributed by atoms with Crippen molar-refractivity contribution in [1.82, 2.24) is 14.1 Å². The summed E-state index contributed by atoms with van der Waals surface area (Å²) in [5.74, 6) is -5.14. The largest absolute Gasteiger partial charge is 0.461 e. The van der Waals surface area contributed by atoms with E-state index in [-0.39, 0.29) is 49.9 Å². The fraction of sp³-hybridized carbons (Fsp3) is 0.400. The van der Waals surface area contributed by atoms with Crippen molar-refractivity contribution in [1.29, 1.82) is 0 Å². The number of aliphatic imine (C=N–C) groups is 1. The van der Waals surface area contributed by atoms with Crippen LogP contribution < -0.4 is 16.4 Å². The predicted octanol–water partition coefficient (Wildman–Crippen LogP) is 3.38. The van der Waals surface area contributed by atoms with E-state index in [4.69, 9.17) is 20.9 Å². The first-order chi connectivity index (χ1) is 26.9. The van der Waals surface area contributed by atoms with Crippen molar-refractivity contribution in [2.24, 2.45) is 22.4 Å². The highest BCUT2D eigenvalue weighted by Gasteiger charge is 2.44. The van der Waals surface area contributed by atoms with E-state index in [0.29, 0.717) is 16.2 Å². The van der Waals surface area contributed by atoms with Crippen molar-refractivity contribution >= 4 is 51.5 Å². The molecule has 1 heterocycles. The molecule has 0 saturated carbocycles. The molecule has 0 spiro atoms. The van der Waals surface area contributed by atoms with Crippen molar-refractivity contribution in [2.45, 2.75) is 70.1 Å². The number of carbonyl (C=O) groups excluding carboxylic acids is 5. The number of esters is 1. The molecule has 1 fully saturated rings. The topological polar surface area (TPSA) is 215 Å². The van der Waals surface area contributed by atoms with Gasteiger partial charge in [-0.1, -0.05) is 66.2 Å². The second-order valence-corrected chi connectivity index (χ2v) is 16.5. The van der Waals surface area contributed by atoms with Crippen LogP contribution in [0.5, 0.6) is 0 Å². The van der Waals surface area contributed by atoms with E-state index >= 15 is 0 Å². The van der Waals surface area contributed by atoms with Gasteiger partial charge < -0.3 is 30.7 Å². The maximum absolute atomic E-state index is 14.7. The molecule has 1 saturated heterocycles. The molecule has 17 heteroatoms. The molecule has 16 nitrogen and oxygen atoms in total. The highest BCUT2D eigenvalue weighted by Crippen LogP contribution is 2.26. The molecule has 3 aromatic rings. The summed E-state index contributed by atoms with van der Waals surface area (Å²) in [4.78, 5) is 77.4. The number of sulfonamides is 1. The van der Waals surface area contributed by atoms with Crippen LogP contribution in [0.4, 0.5) is 10.5 Å². The monoisotopic (exact) mass is 805 g/mol. The van der Waals surface area contributed by atoms with Crippen LogP contribution in [0.15, 0.2) is 94.8 Å². The minimum absolute atomic E-state index is 0.0427. The number of rotatable bonds is 15. The fourth-order valence-corrected chi connectivity index (χ4v) is 7.32. The van der Waals surface area contributed by atoms with Crippen molar-refractivity contribution in [3.8, 4) is 0 Å². The average Bonchev–Trinajstić information content (AvgIpc) is 3.27. The zero-order valence-electron chi connectivity index (χ0n) is 32.9. The first-order valence-electron chi connectivity index (χ1n) is 18.4. The standard InChI is InChI=1S/C40H51N7O9S/c1-28-18-20-31(21-19-28)57(53,54)44(5)33(17-12-22-43-38(41)42)37(51)47(39(52)56-40(2,3)4)27-45-23-24-46(30-15-10-7-11-16-30)36(50)32(35(45)49)25-34(48)55-26-29-13-8-6-9-14-29/h6-11,13-16,18-21,32-33H,12,17,22-27H2,1-5H3,(H4,41,42,43)/t32?,33-/m0/s1. The molecule has 1 unspecified atom stereocenters. The zero-order valence-corrected chi connectivity index (χ0v) is 33.7. The summed E-state index contributed by atoms with van der Waals surface area (Å²) in [6.45, 7) is 5.52. The highest BCUT2D eigenvalue weighted by molar-refractivity contribution is 7.89. The molecule has 0 aliphatic carbocycles. The van der Waals surface area contributed by atoms with Gasteiger partial charge in [-0.3, -0.25) is 24.2 Å². The van der Waals surface area contributed by atoms with Crippen LogP contribution in [-0.2, 0) is 45.3 Å². The molecule has 1 aliphatic heterocycles. The Labute approximate surface area is 333 Å². The van der Waals surface area contributed by atoms with Crippen LogP contribution in [0, 0.1) is 12.8 Å². The van der Waals surface area contributed by atoms with Crippen LogP contribution in [-0.4, -0.2) is 103 Å². The summed E-state index contributed by atoms with van der Waals surface area (Å²) < 4.78 is 39.9. The SMILES string of the molecule is Cc1ccc(S(=O)(=O)N(C)[C@@H](CCCN=C(N)N)C(=O)N(CN2CCN(c3ccccc3)C(=O)C(CC(=O)OCc3ccccc3)C2=O)C(=O)OC(C)(C)C)cc1. The molecule has 306 valence electrons. The third kappa shape index (κ3) is 12.1. The minimum Gasteiger partial charge on any atom is -0.461 e. The summed E-state index contributed by atoms with van der Waals surface area (Å²) in [6.07, 6.45) is -1.80. The van der Waals surface area contributed by atoms with Gasteiger partial charge >= 0.3 is 12.1 Å². The molecule has 0 bridgehead atoms. The molecule has 4 N–H and O–H groups in total. The van der Waals surface area contributed by atoms with Crippen LogP contribution in [0.3, 0.4) is 0 Å². The quantitative estimate of drug-likeness (QED) is 0.0747. The zero-order chi connectivity index (χ0) is 41.9. The maximum atomic E-state index is 14.7. The van der Waals surface area contributed by atoms with Gasteiger partial charge in [0.15, 0.2) is 5.96 Å². The van der Waals surface area contributed by atoms with Gasteiger partial charge in [-0.2, -0.15) is 4.31 Å². The second kappa shape index (κ2) is 19.4. The van der Waals surface area contributed by atoms with E-state index in [1.165, 1.54) is 24.1 Å². The Hall–Kier alpha value is -5.81. The number of hydrogen-bond acceptors (Lipinski definition) is 10. The van der Waals surface area contributed by atoms with E-state index in [0.717, 1.165) is 14.8 Å². The van der Waals surface area contributed by atoms with Gasteiger partial charge in [0.05, 0.1) is 11.3 Å². The lowest BCUT2D eigenvalue weighted by Crippen LogP contribution is -2.56. The van der Waals surface area contributed by atoms with Crippen molar-refractivity contribution in [3.63, 3.8) is 0 Å². The van der Waals surface area contributed by atoms with Crippen LogP contribution in [0.25, 0.3) is 0 Å². The first-order valence-corrected chi connectivity index (χ1v) is 19.8. The van der Waals surface area contributed by atoms with Gasteiger partial charge in [-0.05, 0) is 70.4 Å². The lowest BCUT2D eigenvalue weighted by Gasteiger charge is -2.35. The highest BCUT2D eigenvalue weighted by atomic mass is 32.2. The molecule has 1 aliphatic rings. The molecule has 3 aromatic carbocycles. The van der Waals surface area contributed by atoms with Crippen molar-refractivity contribution < 1.29 is 41.9 Å². The maximum Gasteiger partial charge on any atom is 0.418 e. The number of likely N-dealkylation sites (N-methyl/N-ethyl adjacent to an activating group) is 1. The first kappa shape index (κ1) is 43.9. The Morgan fingerprint density at radius 2 is 1.53 bits per heavy atom. The Morgan fingerprint density at radius 3 is 2.12 bits per heavy atom. The van der Waals surface area contributed by atoms with Gasteiger partial charge in [-0.25, -0.2) is 18.1 Å². The smallest absolute Gasteiger partial charge is 0.418 e. The number of carbonyl (C=O) groups is 5. The summed E-state index contributed by atoms with van der Waals surface area (Å²) in [5.41, 5.74) is 11.8. The fourth-order valence-electron chi connectivity index (χ4n) is 5.98. The van der Waals surface area contributed by atoms with E-state index < -0.39 is 70.5 Å². The van der Waals surface area contributed by atoms with Gasteiger partial charge in [0.25, 0.3) is 5.91 Å². The van der Waals surface area contributed by atoms with E-state index in [1.54, 1.807) is 94.4 Å². The van der Waals surface area contributed by atoms with Gasteiger partial charge in [0.1, 0.15) is 30.8 Å². The third-order valence-electron chi connectivity index (χ3n) is 8.99. The Bertz CT molecular complexity index is 2020. The molecular weight excluding hydrogens is 755 g/mol. The van der Waals surface area contributed by atoms with Crippen molar-refractivity contribution in [2.75, 3.05) is 38.3 Å². The van der Waals surface area contributed by atoms with Gasteiger partial charge in [-0.15, -0.1) is 0 Å². The molecule has 57 heavy (non-hydrogen) atoms. The molecule has 0 radical (unpaired) electrons. The number of ether oxygens (including phenoxy) is 2. The van der Waals surface area contributed by atoms with Crippen LogP contribution >= 0.6 is 0 Å². The second-order valence-electron chi connectivity index (χ2n) is 14.5. The number of nitrogens with two attached hydrogens (primary N) is 2. The molecule has 2 atom stereocenters. The number of aryl methyl sites for hydroxylation is 1. The lowest BCUT2D eigenvalue weighted by molar-refractivity contribution is -0.153. The number of hydrogen-bond donors (Lipinski definition) is 2. The summed E-state index contributed by atoms with van der Waals surface area (Å²) >= 11 is 0. The van der Waals surface area contributed by atoms with Gasteiger partial charge in [0, 0.05) is 32.4 Å². The number of benzene rings is 3. The van der Waals surface area contributed by atoms with Crippen LogP contribution in [0.1, 0.15) is 51.2 Å². The number of anilines is 1. The van der Waals surface area contributed by atoms with Crippen LogP contribution in [0.2, 0.25) is 0 Å². The molecule has 0 aromatic heterocycles. The Morgan fingerprint density at radius 1 is 0.912 bits per heavy atom. The minimum atomic E-state index is -4.33. The van der Waals surface area contributed by atoms with Crippen molar-refractivity contribution in [3.05, 3.63) is 96.1 Å². The third-order valence-corrected chi connectivity index (χ3v) is 10.9. The summed E-state index contributed by atoms with van der Waals surface area (Å²) in [6, 6.07) is 22.0. The number of para-hydroxylation sites is 1. The number of nitrogens with zero attached hydrogens (tertiary/aromatic N) is 5. The predicted molar refractivity (Wildman–Crippen MR) is 213 cm³/mol. The van der Waals surface area contributed by atoms with E-state index in [9.17, 15) is 32.4 Å². The average molecular weight is 806 g/mol. The normalized spacial score (nSPS) is 15.4. The van der Waals surface area contributed by atoms with E-state index in [1.807, 2.05) is 6.07 Å².